The molecule has 0 saturated heterocycles. The minimum absolute atomic E-state index is 0. The molecular formula is C29H66Cl2N2. The lowest BCUT2D eigenvalue weighted by Crippen LogP contribution is -3.00. The second kappa shape index (κ2) is 34.7. The first-order valence-electron chi connectivity index (χ1n) is 14.6. The molecule has 0 unspecified atom stereocenters. The molecule has 0 bridgehead atoms. The molecule has 0 heterocycles. The number of quaternary nitrogens is 2. The van der Waals surface area contributed by atoms with Crippen LogP contribution in [-0.4, -0.2) is 38.2 Å². The van der Waals surface area contributed by atoms with Gasteiger partial charge in [0.1, 0.15) is 0 Å². The van der Waals surface area contributed by atoms with Crippen LogP contribution in [0.4, 0.5) is 0 Å². The van der Waals surface area contributed by atoms with Crippen molar-refractivity contribution in [1.82, 2.24) is 0 Å². The van der Waals surface area contributed by atoms with Gasteiger partial charge < -0.3 is 35.0 Å². The Morgan fingerprint density at radius 1 is 0.394 bits per heavy atom. The molecule has 0 radical (unpaired) electrons. The van der Waals surface area contributed by atoms with Gasteiger partial charge in [0.2, 0.25) is 0 Å². The van der Waals surface area contributed by atoms with Crippen molar-refractivity contribution in [2.24, 2.45) is 0 Å². The monoisotopic (exact) mass is 512 g/mol. The van der Waals surface area contributed by atoms with Crippen LogP contribution in [0.15, 0.2) is 0 Å². The molecule has 0 amide bonds. The smallest absolute Gasteiger partial charge is 0.0782 e. The lowest BCUT2D eigenvalue weighted by molar-refractivity contribution is -0.890. The van der Waals surface area contributed by atoms with E-state index in [0.29, 0.717) is 0 Å². The van der Waals surface area contributed by atoms with Crippen molar-refractivity contribution >= 4 is 0 Å². The summed E-state index contributed by atoms with van der Waals surface area (Å²) < 4.78 is 1.22. The van der Waals surface area contributed by atoms with Gasteiger partial charge in [-0.05, 0) is 32.1 Å². The average Bonchev–Trinajstić information content (AvgIpc) is 2.74. The fraction of sp³-hybridized carbons (Fsp3) is 1.00. The van der Waals surface area contributed by atoms with Crippen LogP contribution in [-0.2, 0) is 0 Å². The van der Waals surface area contributed by atoms with E-state index >= 15 is 0 Å². The van der Waals surface area contributed by atoms with Crippen LogP contribution in [0, 0.1) is 0 Å². The van der Waals surface area contributed by atoms with Gasteiger partial charge >= 0.3 is 0 Å². The van der Waals surface area contributed by atoms with Crippen LogP contribution in [0.5, 0.6) is 0 Å². The molecule has 0 aliphatic rings. The van der Waals surface area contributed by atoms with Crippen LogP contribution in [0.25, 0.3) is 0 Å². The zero-order valence-electron chi connectivity index (χ0n) is 23.9. The molecule has 33 heavy (non-hydrogen) atoms. The Morgan fingerprint density at radius 2 is 0.697 bits per heavy atom. The van der Waals surface area contributed by atoms with E-state index in [1.54, 1.807) is 0 Å². The van der Waals surface area contributed by atoms with E-state index in [1.807, 2.05) is 0 Å². The van der Waals surface area contributed by atoms with Gasteiger partial charge in [-0.1, -0.05) is 124 Å². The lowest BCUT2D eigenvalue weighted by Gasteiger charge is -2.29. The van der Waals surface area contributed by atoms with Crippen LogP contribution in [0.2, 0.25) is 0 Å². The Kier molecular flexibility index (Phi) is 42.7. The summed E-state index contributed by atoms with van der Waals surface area (Å²) in [5, 5.41) is 0. The van der Waals surface area contributed by atoms with E-state index in [4.69, 9.17) is 0 Å². The van der Waals surface area contributed by atoms with Gasteiger partial charge in [0.25, 0.3) is 0 Å². The van der Waals surface area contributed by atoms with Crippen LogP contribution < -0.4 is 30.5 Å². The Morgan fingerprint density at radius 3 is 1.00 bits per heavy atom. The number of unbranched alkanes of at least 4 members (excludes halogenated alkanes) is 18. The fourth-order valence-electron chi connectivity index (χ4n) is 4.41. The Labute approximate surface area is 224 Å². The molecule has 0 saturated carbocycles. The summed E-state index contributed by atoms with van der Waals surface area (Å²) in [6, 6.07) is 0. The third-order valence-electron chi connectivity index (χ3n) is 6.55. The van der Waals surface area contributed by atoms with Gasteiger partial charge in [0.05, 0.1) is 33.7 Å². The summed E-state index contributed by atoms with van der Waals surface area (Å²) in [6.07, 6.45) is 30.0. The van der Waals surface area contributed by atoms with E-state index in [9.17, 15) is 0 Å². The summed E-state index contributed by atoms with van der Waals surface area (Å²) >= 11 is 0. The molecule has 0 aromatic carbocycles. The summed E-state index contributed by atoms with van der Waals surface area (Å²) in [5.74, 6) is 0. The maximum absolute atomic E-state index is 3.85. The van der Waals surface area contributed by atoms with Crippen molar-refractivity contribution < 1.29 is 35.0 Å². The molecule has 0 aromatic heterocycles. The van der Waals surface area contributed by atoms with E-state index in [2.05, 4.69) is 40.6 Å². The molecule has 0 aromatic rings. The Bertz CT molecular complexity index is 302. The summed E-state index contributed by atoms with van der Waals surface area (Å²) in [6.45, 7) is 10.7. The van der Waals surface area contributed by atoms with Gasteiger partial charge in [-0.15, -0.1) is 0 Å². The topological polar surface area (TPSA) is 27.6 Å². The van der Waals surface area contributed by atoms with Crippen LogP contribution in [0.3, 0.4) is 0 Å². The third kappa shape index (κ3) is 40.0. The second-order valence-electron chi connectivity index (χ2n) is 10.6. The normalized spacial score (nSPS) is 10.7. The van der Waals surface area contributed by atoms with Crippen molar-refractivity contribution in [3.63, 3.8) is 0 Å². The van der Waals surface area contributed by atoms with Crippen molar-refractivity contribution in [3.8, 4) is 0 Å². The van der Waals surface area contributed by atoms with Crippen molar-refractivity contribution in [2.45, 2.75) is 156 Å². The highest BCUT2D eigenvalue weighted by Gasteiger charge is 2.11. The number of hydrogen-bond donors (Lipinski definition) is 1. The van der Waals surface area contributed by atoms with E-state index in [1.165, 1.54) is 152 Å². The van der Waals surface area contributed by atoms with Gasteiger partial charge in [-0.2, -0.15) is 0 Å². The van der Waals surface area contributed by atoms with Gasteiger partial charge in [0.15, 0.2) is 0 Å². The molecule has 4 heteroatoms. The van der Waals surface area contributed by atoms with Crippen LogP contribution >= 0.6 is 0 Å². The van der Waals surface area contributed by atoms with E-state index < -0.39 is 0 Å². The van der Waals surface area contributed by atoms with E-state index in [-0.39, 0.29) is 24.8 Å². The average molecular weight is 514 g/mol. The quantitative estimate of drug-likeness (QED) is 0.161. The summed E-state index contributed by atoms with van der Waals surface area (Å²) in [4.78, 5) is 0. The maximum Gasteiger partial charge on any atom is 0.0782 e. The second-order valence-corrected chi connectivity index (χ2v) is 10.6. The standard InChI is InChI=1S/C17H38N.C12H27N.2ClH/c1-5-7-8-9-10-11-12-13-14-15-17-18(3,4)16-6-2;1-2-3-4-5-6-7-8-9-10-11-12-13;;/h5-17H2,1-4H3;2-13H2,1H3;2*1H/q+1;;;/p-1. The molecule has 206 valence electrons. The lowest BCUT2D eigenvalue weighted by atomic mass is 10.1. The highest BCUT2D eigenvalue weighted by Crippen LogP contribution is 2.12. The summed E-state index contributed by atoms with van der Waals surface area (Å²) in [7, 11) is 4.74. The highest BCUT2D eigenvalue weighted by molar-refractivity contribution is 4.48. The molecule has 0 rings (SSSR count). The largest absolute Gasteiger partial charge is 1.00 e. The van der Waals surface area contributed by atoms with Crippen molar-refractivity contribution in [1.29, 1.82) is 0 Å². The first-order chi connectivity index (χ1) is 15.0. The summed E-state index contributed by atoms with van der Waals surface area (Å²) in [5.41, 5.74) is 3.85. The Hall–Kier alpha value is 0.500. The zero-order valence-corrected chi connectivity index (χ0v) is 25.4. The van der Waals surface area contributed by atoms with Crippen molar-refractivity contribution in [2.75, 3.05) is 33.7 Å². The predicted octanol–water partition coefficient (Wildman–Crippen LogP) is 2.55. The SMILES string of the molecule is CCCCCCCCCCCC[N+](C)(C)CCC.CCCCCCCCCCCC[NH3+].[Cl-].[Cl-]. The van der Waals surface area contributed by atoms with Gasteiger partial charge in [0, 0.05) is 0 Å². The van der Waals surface area contributed by atoms with Crippen molar-refractivity contribution in [3.05, 3.63) is 0 Å². The van der Waals surface area contributed by atoms with Gasteiger partial charge in [-0.3, -0.25) is 0 Å². The van der Waals surface area contributed by atoms with Crippen LogP contribution in [0.1, 0.15) is 156 Å². The molecular weight excluding hydrogens is 447 g/mol. The molecule has 0 fully saturated rings. The van der Waals surface area contributed by atoms with E-state index in [0.717, 1.165) is 6.54 Å². The number of halogens is 2. The Balaban J connectivity index is -0.000000251. The van der Waals surface area contributed by atoms with Gasteiger partial charge in [-0.25, -0.2) is 0 Å². The maximum atomic E-state index is 3.85. The number of rotatable bonds is 23. The zero-order chi connectivity index (χ0) is 23.5. The third-order valence-corrected chi connectivity index (χ3v) is 6.55. The molecule has 0 spiro atoms. The minimum atomic E-state index is 0. The first kappa shape index (κ1) is 40.7. The molecule has 0 aliphatic heterocycles. The minimum Gasteiger partial charge on any atom is -1.00 e. The first-order valence-corrected chi connectivity index (χ1v) is 14.6. The predicted molar refractivity (Wildman–Crippen MR) is 144 cm³/mol. The molecule has 0 atom stereocenters. The fourth-order valence-corrected chi connectivity index (χ4v) is 4.41. The highest BCUT2D eigenvalue weighted by atomic mass is 35.5. The molecule has 3 N–H and O–H groups in total. The molecule has 0 aliphatic carbocycles. The number of nitrogens with zero attached hydrogens (tertiary/aromatic N) is 1. The number of hydrogen-bond acceptors (Lipinski definition) is 0. The molecule has 2 nitrogen and oxygen atoms in total.